The Balaban J connectivity index is 1.88. The SMILES string of the molecule is NCc1nc(C(=O)N2C(C(=O)O)CC3CCCCC32)cs1. The number of aromatic nitrogens is 1. The number of nitrogens with zero attached hydrogens (tertiary/aromatic N) is 2. The summed E-state index contributed by atoms with van der Waals surface area (Å²) >= 11 is 1.34. The van der Waals surface area contributed by atoms with Crippen LogP contribution in [0.2, 0.25) is 0 Å². The van der Waals surface area contributed by atoms with E-state index < -0.39 is 12.0 Å². The molecule has 3 atom stereocenters. The van der Waals surface area contributed by atoms with E-state index in [4.69, 9.17) is 5.73 Å². The molecule has 3 rings (SSSR count). The Morgan fingerprint density at radius 2 is 2.19 bits per heavy atom. The number of aliphatic carboxylic acids is 1. The van der Waals surface area contributed by atoms with Crippen LogP contribution in [0.3, 0.4) is 0 Å². The third kappa shape index (κ3) is 2.55. The first-order valence-corrected chi connectivity index (χ1v) is 8.19. The molecule has 0 aromatic carbocycles. The van der Waals surface area contributed by atoms with Crippen LogP contribution >= 0.6 is 11.3 Å². The van der Waals surface area contributed by atoms with Crippen molar-refractivity contribution in [3.8, 4) is 0 Å². The number of nitrogens with two attached hydrogens (primary N) is 1. The van der Waals surface area contributed by atoms with E-state index in [9.17, 15) is 14.7 Å². The van der Waals surface area contributed by atoms with Crippen molar-refractivity contribution in [1.82, 2.24) is 9.88 Å². The Hall–Kier alpha value is -1.47. The van der Waals surface area contributed by atoms with Gasteiger partial charge in [-0.05, 0) is 25.2 Å². The molecule has 0 bridgehead atoms. The van der Waals surface area contributed by atoms with Crippen molar-refractivity contribution in [3.63, 3.8) is 0 Å². The standard InChI is InChI=1S/C14H19N3O3S/c15-6-12-16-9(7-21-12)13(18)17-10-4-2-1-3-8(10)5-11(17)14(19)20/h7-8,10-11H,1-6,15H2,(H,19,20). The molecule has 0 spiro atoms. The summed E-state index contributed by atoms with van der Waals surface area (Å²) in [4.78, 5) is 30.0. The minimum atomic E-state index is -0.910. The van der Waals surface area contributed by atoms with E-state index in [0.717, 1.165) is 25.7 Å². The van der Waals surface area contributed by atoms with Gasteiger partial charge in [0.25, 0.3) is 5.91 Å². The number of hydrogen-bond acceptors (Lipinski definition) is 5. The molecule has 2 fully saturated rings. The molecule has 1 saturated heterocycles. The van der Waals surface area contributed by atoms with E-state index in [1.54, 1.807) is 10.3 Å². The van der Waals surface area contributed by atoms with Crippen molar-refractivity contribution in [1.29, 1.82) is 0 Å². The molecule has 2 heterocycles. The van der Waals surface area contributed by atoms with Gasteiger partial charge in [0.2, 0.25) is 0 Å². The molecule has 3 unspecified atom stereocenters. The van der Waals surface area contributed by atoms with Crippen molar-refractivity contribution >= 4 is 23.2 Å². The van der Waals surface area contributed by atoms with Crippen LogP contribution in [0.25, 0.3) is 0 Å². The van der Waals surface area contributed by atoms with Crippen LogP contribution in [0.15, 0.2) is 5.38 Å². The van der Waals surface area contributed by atoms with E-state index in [-0.39, 0.29) is 11.9 Å². The van der Waals surface area contributed by atoms with Gasteiger partial charge in [-0.15, -0.1) is 11.3 Å². The number of amides is 1. The van der Waals surface area contributed by atoms with Gasteiger partial charge in [0.1, 0.15) is 16.7 Å². The van der Waals surface area contributed by atoms with Gasteiger partial charge in [-0.1, -0.05) is 12.8 Å². The average Bonchev–Trinajstić information content (AvgIpc) is 3.11. The number of carbonyl (C=O) groups is 2. The Kier molecular flexibility index (Phi) is 3.95. The lowest BCUT2D eigenvalue weighted by Crippen LogP contribution is -2.46. The molecule has 0 radical (unpaired) electrons. The van der Waals surface area contributed by atoms with Gasteiger partial charge in [0, 0.05) is 18.0 Å². The molecular weight excluding hydrogens is 290 g/mol. The van der Waals surface area contributed by atoms with Crippen LogP contribution in [0.4, 0.5) is 0 Å². The fourth-order valence-corrected chi connectivity index (χ4v) is 4.26. The lowest BCUT2D eigenvalue weighted by atomic mass is 9.84. The molecular formula is C14H19N3O3S. The number of hydrogen-bond donors (Lipinski definition) is 2. The van der Waals surface area contributed by atoms with Crippen LogP contribution in [-0.2, 0) is 11.3 Å². The quantitative estimate of drug-likeness (QED) is 0.881. The van der Waals surface area contributed by atoms with Crippen molar-refractivity contribution in [3.05, 3.63) is 16.1 Å². The lowest BCUT2D eigenvalue weighted by molar-refractivity contribution is -0.141. The summed E-state index contributed by atoms with van der Waals surface area (Å²) in [6.07, 6.45) is 4.67. The molecule has 7 heteroatoms. The van der Waals surface area contributed by atoms with Crippen LogP contribution in [0.5, 0.6) is 0 Å². The Morgan fingerprint density at radius 3 is 2.86 bits per heavy atom. The zero-order chi connectivity index (χ0) is 15.0. The molecule has 1 aliphatic heterocycles. The van der Waals surface area contributed by atoms with E-state index >= 15 is 0 Å². The predicted octanol–water partition coefficient (Wildman–Crippen LogP) is 1.46. The van der Waals surface area contributed by atoms with Crippen molar-refractivity contribution < 1.29 is 14.7 Å². The fourth-order valence-electron chi connectivity index (χ4n) is 3.61. The van der Waals surface area contributed by atoms with Gasteiger partial charge < -0.3 is 15.7 Å². The first kappa shape index (κ1) is 14.5. The number of rotatable bonds is 3. The fraction of sp³-hybridized carbons (Fsp3) is 0.643. The van der Waals surface area contributed by atoms with Crippen molar-refractivity contribution in [2.75, 3.05) is 0 Å². The number of thiazole rings is 1. The molecule has 2 aliphatic rings. The average molecular weight is 309 g/mol. The second kappa shape index (κ2) is 5.73. The summed E-state index contributed by atoms with van der Waals surface area (Å²) in [7, 11) is 0. The van der Waals surface area contributed by atoms with Gasteiger partial charge in [-0.25, -0.2) is 9.78 Å². The highest BCUT2D eigenvalue weighted by Crippen LogP contribution is 2.40. The summed E-state index contributed by atoms with van der Waals surface area (Å²) in [5.74, 6) is -0.851. The number of carboxylic acid groups (broad SMARTS) is 1. The first-order chi connectivity index (χ1) is 10.1. The van der Waals surface area contributed by atoms with Crippen LogP contribution in [0, 0.1) is 5.92 Å². The van der Waals surface area contributed by atoms with E-state index in [0.29, 0.717) is 29.6 Å². The zero-order valence-corrected chi connectivity index (χ0v) is 12.5. The van der Waals surface area contributed by atoms with Crippen LogP contribution in [0.1, 0.15) is 47.6 Å². The molecule has 114 valence electrons. The third-order valence-electron chi connectivity index (χ3n) is 4.55. The van der Waals surface area contributed by atoms with Crippen LogP contribution in [-0.4, -0.2) is 39.0 Å². The normalized spacial score (nSPS) is 28.4. The Morgan fingerprint density at radius 1 is 1.43 bits per heavy atom. The molecule has 1 aliphatic carbocycles. The Labute approximate surface area is 127 Å². The number of carboxylic acids is 1. The second-order valence-corrected chi connectivity index (χ2v) is 6.69. The maximum Gasteiger partial charge on any atom is 0.326 e. The topological polar surface area (TPSA) is 96.5 Å². The molecule has 6 nitrogen and oxygen atoms in total. The highest BCUT2D eigenvalue weighted by Gasteiger charge is 2.48. The Bertz CT molecular complexity index is 559. The highest BCUT2D eigenvalue weighted by molar-refractivity contribution is 7.09. The van der Waals surface area contributed by atoms with Gasteiger partial charge >= 0.3 is 5.97 Å². The van der Waals surface area contributed by atoms with Crippen molar-refractivity contribution in [2.45, 2.75) is 50.7 Å². The first-order valence-electron chi connectivity index (χ1n) is 7.31. The maximum atomic E-state index is 12.7. The number of carbonyl (C=O) groups excluding carboxylic acids is 1. The van der Waals surface area contributed by atoms with E-state index in [2.05, 4.69) is 4.98 Å². The summed E-state index contributed by atoms with van der Waals surface area (Å²) in [6, 6.07) is -0.663. The summed E-state index contributed by atoms with van der Waals surface area (Å²) < 4.78 is 0. The minimum Gasteiger partial charge on any atom is -0.480 e. The van der Waals surface area contributed by atoms with E-state index in [1.165, 1.54) is 11.3 Å². The molecule has 1 aromatic heterocycles. The molecule has 3 N–H and O–H groups in total. The van der Waals surface area contributed by atoms with Gasteiger partial charge in [0.05, 0.1) is 0 Å². The van der Waals surface area contributed by atoms with Gasteiger partial charge in [0.15, 0.2) is 0 Å². The zero-order valence-electron chi connectivity index (χ0n) is 11.7. The molecule has 21 heavy (non-hydrogen) atoms. The highest BCUT2D eigenvalue weighted by atomic mass is 32.1. The predicted molar refractivity (Wildman–Crippen MR) is 78.0 cm³/mol. The van der Waals surface area contributed by atoms with Gasteiger partial charge in [-0.2, -0.15) is 0 Å². The van der Waals surface area contributed by atoms with E-state index in [1.807, 2.05) is 0 Å². The second-order valence-electron chi connectivity index (χ2n) is 5.74. The smallest absolute Gasteiger partial charge is 0.326 e. The summed E-state index contributed by atoms with van der Waals surface area (Å²) in [5.41, 5.74) is 5.86. The molecule has 1 aromatic rings. The number of likely N-dealkylation sites (tertiary alicyclic amines) is 1. The summed E-state index contributed by atoms with van der Waals surface area (Å²) in [5, 5.41) is 11.8. The van der Waals surface area contributed by atoms with Gasteiger partial charge in [-0.3, -0.25) is 4.79 Å². The lowest BCUT2D eigenvalue weighted by Gasteiger charge is -2.32. The monoisotopic (exact) mass is 309 g/mol. The van der Waals surface area contributed by atoms with Crippen molar-refractivity contribution in [2.24, 2.45) is 11.7 Å². The molecule has 1 amide bonds. The maximum absolute atomic E-state index is 12.7. The summed E-state index contributed by atoms with van der Waals surface area (Å²) in [6.45, 7) is 0.298. The molecule has 1 saturated carbocycles. The number of fused-ring (bicyclic) bond motifs is 1. The van der Waals surface area contributed by atoms with Crippen LogP contribution < -0.4 is 5.73 Å². The minimum absolute atomic E-state index is 0.0513. The third-order valence-corrected chi connectivity index (χ3v) is 5.42. The largest absolute Gasteiger partial charge is 0.480 e.